The first kappa shape index (κ1) is 19.8. The summed E-state index contributed by atoms with van der Waals surface area (Å²) in [5.41, 5.74) is -0.166. The van der Waals surface area contributed by atoms with Crippen LogP contribution in [0.1, 0.15) is 18.1 Å². The second-order valence-corrected chi connectivity index (χ2v) is 7.08. The fraction of sp³-hybridized carbons (Fsp3) is 0.263. The molecule has 2 aromatic rings. The Bertz CT molecular complexity index is 920. The van der Waals surface area contributed by atoms with Crippen LogP contribution in [0.5, 0.6) is 0 Å². The van der Waals surface area contributed by atoms with Gasteiger partial charge in [0.25, 0.3) is 5.91 Å². The van der Waals surface area contributed by atoms with Gasteiger partial charge in [-0.2, -0.15) is 0 Å². The van der Waals surface area contributed by atoms with Crippen molar-refractivity contribution in [3.63, 3.8) is 0 Å². The van der Waals surface area contributed by atoms with Crippen molar-refractivity contribution in [2.45, 2.75) is 19.0 Å². The smallest absolute Gasteiger partial charge is 0.325 e. The first-order valence-electron chi connectivity index (χ1n) is 8.45. The summed E-state index contributed by atoms with van der Waals surface area (Å²) in [6.07, 6.45) is 1.55. The quantitative estimate of drug-likeness (QED) is 0.612. The van der Waals surface area contributed by atoms with Crippen LogP contribution in [0.4, 0.5) is 9.18 Å². The van der Waals surface area contributed by atoms with Gasteiger partial charge in [-0.1, -0.05) is 29.8 Å². The number of nitrogens with zero attached hydrogens (tertiary/aromatic N) is 3. The number of nitrogens with one attached hydrogen (secondary N) is 1. The molecule has 0 bridgehead atoms. The molecule has 1 aliphatic heterocycles. The highest BCUT2D eigenvalue weighted by Crippen LogP contribution is 2.28. The lowest BCUT2D eigenvalue weighted by molar-refractivity contribution is -0.138. The molecule has 0 aliphatic carbocycles. The van der Waals surface area contributed by atoms with Crippen LogP contribution < -0.4 is 5.32 Å². The monoisotopic (exact) mass is 404 g/mol. The number of rotatable bonds is 5. The lowest BCUT2D eigenvalue weighted by Crippen LogP contribution is -2.43. The SMILES string of the molecule is CN(Cc1ccc(Cl)nc1)C(=O)CN1C(=O)NC(C)(c2ccc(F)cc2)C1=O. The number of hydrogen-bond acceptors (Lipinski definition) is 4. The molecule has 1 saturated heterocycles. The molecule has 1 unspecified atom stereocenters. The molecule has 0 radical (unpaired) electrons. The second kappa shape index (κ2) is 7.55. The summed E-state index contributed by atoms with van der Waals surface area (Å²) in [6.45, 7) is 1.37. The molecule has 4 amide bonds. The average Bonchev–Trinajstić information content (AvgIpc) is 2.88. The van der Waals surface area contributed by atoms with Gasteiger partial charge >= 0.3 is 6.03 Å². The van der Waals surface area contributed by atoms with Gasteiger partial charge in [-0.05, 0) is 36.2 Å². The average molecular weight is 405 g/mol. The summed E-state index contributed by atoms with van der Waals surface area (Å²) >= 11 is 5.74. The molecular weight excluding hydrogens is 387 g/mol. The van der Waals surface area contributed by atoms with E-state index in [0.29, 0.717) is 10.7 Å². The number of likely N-dealkylation sites (N-methyl/N-ethyl adjacent to an activating group) is 1. The third-order valence-electron chi connectivity index (χ3n) is 4.62. The van der Waals surface area contributed by atoms with Crippen molar-refractivity contribution in [1.29, 1.82) is 0 Å². The minimum Gasteiger partial charge on any atom is -0.340 e. The highest BCUT2D eigenvalue weighted by Gasteiger charge is 2.49. The number of carbonyl (C=O) groups is 3. The normalized spacial score (nSPS) is 18.9. The van der Waals surface area contributed by atoms with Crippen LogP contribution in [0.3, 0.4) is 0 Å². The summed E-state index contributed by atoms with van der Waals surface area (Å²) < 4.78 is 13.2. The minimum atomic E-state index is -1.36. The number of carbonyl (C=O) groups excluding carboxylic acids is 3. The Morgan fingerprint density at radius 1 is 1.25 bits per heavy atom. The van der Waals surface area contributed by atoms with Crippen molar-refractivity contribution >= 4 is 29.4 Å². The van der Waals surface area contributed by atoms with Gasteiger partial charge in [0.1, 0.15) is 23.1 Å². The van der Waals surface area contributed by atoms with Gasteiger partial charge < -0.3 is 10.2 Å². The van der Waals surface area contributed by atoms with E-state index in [1.807, 2.05) is 0 Å². The van der Waals surface area contributed by atoms with E-state index < -0.39 is 35.7 Å². The maximum Gasteiger partial charge on any atom is 0.325 e. The summed E-state index contributed by atoms with van der Waals surface area (Å²) in [7, 11) is 1.56. The van der Waals surface area contributed by atoms with E-state index in [1.165, 1.54) is 36.1 Å². The molecule has 0 spiro atoms. The number of halogens is 2. The highest BCUT2D eigenvalue weighted by atomic mass is 35.5. The lowest BCUT2D eigenvalue weighted by Gasteiger charge is -2.23. The van der Waals surface area contributed by atoms with Crippen molar-refractivity contribution < 1.29 is 18.8 Å². The maximum absolute atomic E-state index is 13.2. The van der Waals surface area contributed by atoms with Crippen LogP contribution in [0.15, 0.2) is 42.6 Å². The Hall–Kier alpha value is -3.00. The van der Waals surface area contributed by atoms with E-state index in [0.717, 1.165) is 10.5 Å². The summed E-state index contributed by atoms with van der Waals surface area (Å²) in [4.78, 5) is 43.9. The number of urea groups is 1. The Balaban J connectivity index is 1.70. The molecule has 1 aromatic heterocycles. The van der Waals surface area contributed by atoms with Gasteiger partial charge in [0, 0.05) is 19.8 Å². The zero-order valence-electron chi connectivity index (χ0n) is 15.3. The van der Waals surface area contributed by atoms with E-state index >= 15 is 0 Å². The largest absolute Gasteiger partial charge is 0.340 e. The molecule has 9 heteroatoms. The Kier molecular flexibility index (Phi) is 5.33. The van der Waals surface area contributed by atoms with Crippen LogP contribution in [-0.4, -0.2) is 46.2 Å². The van der Waals surface area contributed by atoms with E-state index in [9.17, 15) is 18.8 Å². The minimum absolute atomic E-state index is 0.252. The topological polar surface area (TPSA) is 82.6 Å². The highest BCUT2D eigenvalue weighted by molar-refractivity contribution is 6.29. The number of amides is 4. The molecule has 1 aromatic carbocycles. The molecule has 0 saturated carbocycles. The zero-order chi connectivity index (χ0) is 20.5. The third-order valence-corrected chi connectivity index (χ3v) is 4.85. The van der Waals surface area contributed by atoms with Gasteiger partial charge in [0.15, 0.2) is 0 Å². The van der Waals surface area contributed by atoms with Crippen LogP contribution in [0.25, 0.3) is 0 Å². The number of imide groups is 1. The van der Waals surface area contributed by atoms with Gasteiger partial charge in [-0.25, -0.2) is 14.2 Å². The zero-order valence-corrected chi connectivity index (χ0v) is 16.0. The number of pyridine rings is 1. The molecule has 3 rings (SSSR count). The molecule has 1 fully saturated rings. The summed E-state index contributed by atoms with van der Waals surface area (Å²) in [6, 6.07) is 7.95. The fourth-order valence-electron chi connectivity index (χ4n) is 2.94. The van der Waals surface area contributed by atoms with E-state index in [4.69, 9.17) is 11.6 Å². The van der Waals surface area contributed by atoms with Crippen LogP contribution in [-0.2, 0) is 21.7 Å². The van der Waals surface area contributed by atoms with Crippen LogP contribution in [0, 0.1) is 5.82 Å². The molecular formula is C19H18ClFN4O3. The molecule has 146 valence electrons. The molecule has 1 aliphatic rings. The third kappa shape index (κ3) is 3.82. The number of benzene rings is 1. The van der Waals surface area contributed by atoms with Crippen molar-refractivity contribution in [3.8, 4) is 0 Å². The van der Waals surface area contributed by atoms with Crippen LogP contribution in [0.2, 0.25) is 5.15 Å². The number of aromatic nitrogens is 1. The Morgan fingerprint density at radius 3 is 2.54 bits per heavy atom. The molecule has 2 heterocycles. The Morgan fingerprint density at radius 2 is 1.93 bits per heavy atom. The van der Waals surface area contributed by atoms with Gasteiger partial charge in [-0.15, -0.1) is 0 Å². The van der Waals surface area contributed by atoms with Gasteiger partial charge in [-0.3, -0.25) is 14.5 Å². The van der Waals surface area contributed by atoms with Crippen molar-refractivity contribution in [2.24, 2.45) is 0 Å². The van der Waals surface area contributed by atoms with Crippen molar-refractivity contribution in [1.82, 2.24) is 20.1 Å². The molecule has 7 nitrogen and oxygen atoms in total. The van der Waals surface area contributed by atoms with E-state index in [2.05, 4.69) is 10.3 Å². The first-order valence-corrected chi connectivity index (χ1v) is 8.83. The van der Waals surface area contributed by atoms with Gasteiger partial charge in [0.2, 0.25) is 5.91 Å². The second-order valence-electron chi connectivity index (χ2n) is 6.69. The molecule has 1 atom stereocenters. The summed E-state index contributed by atoms with van der Waals surface area (Å²) in [5, 5.41) is 2.93. The van der Waals surface area contributed by atoms with Crippen molar-refractivity contribution in [3.05, 3.63) is 64.7 Å². The van der Waals surface area contributed by atoms with Gasteiger partial charge in [0.05, 0.1) is 0 Å². The predicted molar refractivity (Wildman–Crippen MR) is 99.7 cm³/mol. The predicted octanol–water partition coefficient (Wildman–Crippen LogP) is 2.30. The fourth-order valence-corrected chi connectivity index (χ4v) is 3.05. The lowest BCUT2D eigenvalue weighted by atomic mass is 9.92. The van der Waals surface area contributed by atoms with Crippen LogP contribution >= 0.6 is 11.6 Å². The standard InChI is InChI=1S/C19H18ClFN4O3/c1-19(13-4-6-14(21)7-5-13)17(27)25(18(28)23-19)11-16(26)24(2)10-12-3-8-15(20)22-9-12/h3-9H,10-11H2,1-2H3,(H,23,28). The summed E-state index contributed by atoms with van der Waals surface area (Å²) in [5.74, 6) is -1.43. The van der Waals surface area contributed by atoms with Crippen molar-refractivity contribution in [2.75, 3.05) is 13.6 Å². The Labute approximate surface area is 166 Å². The maximum atomic E-state index is 13.2. The van der Waals surface area contributed by atoms with E-state index in [1.54, 1.807) is 25.4 Å². The van der Waals surface area contributed by atoms with E-state index in [-0.39, 0.29) is 6.54 Å². The first-order chi connectivity index (χ1) is 13.2. The molecule has 1 N–H and O–H groups in total. The molecule has 28 heavy (non-hydrogen) atoms. The number of hydrogen-bond donors (Lipinski definition) is 1.